The zero-order valence-electron chi connectivity index (χ0n) is 10.8. The number of oxazole rings is 1. The molecule has 0 fully saturated rings. The molecule has 4 nitrogen and oxygen atoms in total. The zero-order chi connectivity index (χ0) is 13.7. The third-order valence-corrected chi connectivity index (χ3v) is 3.25. The Morgan fingerprint density at radius 2 is 2.21 bits per heavy atom. The molecule has 0 atom stereocenters. The van der Waals surface area contributed by atoms with Crippen molar-refractivity contribution in [3.8, 4) is 0 Å². The van der Waals surface area contributed by atoms with E-state index in [0.717, 1.165) is 30.2 Å². The highest BCUT2D eigenvalue weighted by atomic mass is 79.9. The van der Waals surface area contributed by atoms with Gasteiger partial charge in [0.25, 0.3) is 0 Å². The first-order valence-corrected chi connectivity index (χ1v) is 7.23. The number of nitrogens with zero attached hydrogens (tertiary/aromatic N) is 1. The lowest BCUT2D eigenvalue weighted by atomic mass is 10.2. The Kier molecular flexibility index (Phi) is 4.96. The van der Waals surface area contributed by atoms with Gasteiger partial charge in [0.15, 0.2) is 5.58 Å². The molecule has 0 amide bonds. The summed E-state index contributed by atoms with van der Waals surface area (Å²) < 4.78 is 11.4. The standard InChI is InChI=1S/C14H16BrNO3/c1-2-3-4-5-8-18-14(17)13-16-11-9-10(15)6-7-12(11)19-13/h6-7,9H,2-5,8H2,1H3. The van der Waals surface area contributed by atoms with Gasteiger partial charge in [-0.05, 0) is 24.6 Å². The maximum Gasteiger partial charge on any atom is 0.394 e. The van der Waals surface area contributed by atoms with Crippen LogP contribution < -0.4 is 0 Å². The summed E-state index contributed by atoms with van der Waals surface area (Å²) in [6.45, 7) is 2.56. The highest BCUT2D eigenvalue weighted by Gasteiger charge is 2.15. The lowest BCUT2D eigenvalue weighted by Crippen LogP contribution is -2.06. The van der Waals surface area contributed by atoms with Crippen molar-refractivity contribution in [2.45, 2.75) is 32.6 Å². The molecule has 0 saturated heterocycles. The predicted molar refractivity (Wildman–Crippen MR) is 76.1 cm³/mol. The van der Waals surface area contributed by atoms with Crippen molar-refractivity contribution in [1.29, 1.82) is 0 Å². The van der Waals surface area contributed by atoms with E-state index in [1.54, 1.807) is 12.1 Å². The Morgan fingerprint density at radius 1 is 1.37 bits per heavy atom. The van der Waals surface area contributed by atoms with Gasteiger partial charge in [-0.25, -0.2) is 9.78 Å². The number of esters is 1. The number of unbranched alkanes of at least 4 members (excludes halogenated alkanes) is 3. The van der Waals surface area contributed by atoms with Crippen LogP contribution in [-0.2, 0) is 4.74 Å². The van der Waals surface area contributed by atoms with Crippen molar-refractivity contribution in [3.63, 3.8) is 0 Å². The maximum absolute atomic E-state index is 11.7. The van der Waals surface area contributed by atoms with E-state index < -0.39 is 5.97 Å². The number of hydrogen-bond donors (Lipinski definition) is 0. The summed E-state index contributed by atoms with van der Waals surface area (Å²) >= 11 is 3.35. The third kappa shape index (κ3) is 3.80. The number of ether oxygens (including phenoxy) is 1. The summed E-state index contributed by atoms with van der Waals surface area (Å²) in [5.74, 6) is -0.479. The predicted octanol–water partition coefficient (Wildman–Crippen LogP) is 4.33. The van der Waals surface area contributed by atoms with Crippen LogP contribution in [0.4, 0.5) is 0 Å². The fraction of sp³-hybridized carbons (Fsp3) is 0.429. The summed E-state index contributed by atoms with van der Waals surface area (Å²) in [5.41, 5.74) is 1.23. The van der Waals surface area contributed by atoms with Gasteiger partial charge < -0.3 is 9.15 Å². The molecule has 102 valence electrons. The van der Waals surface area contributed by atoms with Crippen molar-refractivity contribution in [2.75, 3.05) is 6.61 Å². The number of benzene rings is 1. The van der Waals surface area contributed by atoms with Gasteiger partial charge in [-0.1, -0.05) is 42.1 Å². The van der Waals surface area contributed by atoms with Gasteiger partial charge in [0.1, 0.15) is 5.52 Å². The van der Waals surface area contributed by atoms with E-state index in [1.807, 2.05) is 6.07 Å². The molecule has 0 spiro atoms. The largest absolute Gasteiger partial charge is 0.459 e. The number of aromatic nitrogens is 1. The van der Waals surface area contributed by atoms with Crippen LogP contribution in [0.2, 0.25) is 0 Å². The maximum atomic E-state index is 11.7. The summed E-state index contributed by atoms with van der Waals surface area (Å²) in [4.78, 5) is 15.9. The van der Waals surface area contributed by atoms with E-state index >= 15 is 0 Å². The first-order chi connectivity index (χ1) is 9.20. The topological polar surface area (TPSA) is 52.3 Å². The molecule has 2 rings (SSSR count). The second-order valence-corrected chi connectivity index (χ2v) is 5.24. The van der Waals surface area contributed by atoms with Crippen LogP contribution in [0.25, 0.3) is 11.1 Å². The minimum absolute atomic E-state index is 0.0172. The molecule has 1 aromatic heterocycles. The van der Waals surface area contributed by atoms with Crippen LogP contribution in [0.15, 0.2) is 27.1 Å². The third-order valence-electron chi connectivity index (χ3n) is 2.76. The summed E-state index contributed by atoms with van der Waals surface area (Å²) in [6.07, 6.45) is 4.28. The van der Waals surface area contributed by atoms with Crippen molar-refractivity contribution in [3.05, 3.63) is 28.6 Å². The first-order valence-electron chi connectivity index (χ1n) is 6.44. The fourth-order valence-corrected chi connectivity index (χ4v) is 2.09. The number of hydrogen-bond acceptors (Lipinski definition) is 4. The van der Waals surface area contributed by atoms with Crippen molar-refractivity contribution in [1.82, 2.24) is 4.98 Å². The molecule has 0 saturated carbocycles. The molecule has 0 unspecified atom stereocenters. The van der Waals surface area contributed by atoms with E-state index in [0.29, 0.717) is 17.7 Å². The van der Waals surface area contributed by atoms with Crippen molar-refractivity contribution >= 4 is 33.0 Å². The Hall–Kier alpha value is -1.36. The number of rotatable bonds is 6. The van der Waals surface area contributed by atoms with Crippen LogP contribution in [0.5, 0.6) is 0 Å². The molecular weight excluding hydrogens is 310 g/mol. The molecular formula is C14H16BrNO3. The second kappa shape index (κ2) is 6.70. The molecule has 0 aliphatic carbocycles. The number of carbonyl (C=O) groups excluding carboxylic acids is 1. The van der Waals surface area contributed by atoms with Gasteiger partial charge in [0.2, 0.25) is 0 Å². The Labute approximate surface area is 120 Å². The molecule has 19 heavy (non-hydrogen) atoms. The molecule has 1 heterocycles. The normalized spacial score (nSPS) is 10.8. The number of fused-ring (bicyclic) bond motifs is 1. The van der Waals surface area contributed by atoms with Crippen molar-refractivity contribution < 1.29 is 13.9 Å². The fourth-order valence-electron chi connectivity index (χ4n) is 1.74. The molecule has 0 bridgehead atoms. The van der Waals surface area contributed by atoms with Crippen LogP contribution in [0, 0.1) is 0 Å². The zero-order valence-corrected chi connectivity index (χ0v) is 12.4. The van der Waals surface area contributed by atoms with Gasteiger partial charge in [0.05, 0.1) is 6.61 Å². The van der Waals surface area contributed by atoms with E-state index in [2.05, 4.69) is 27.8 Å². The van der Waals surface area contributed by atoms with Crippen LogP contribution >= 0.6 is 15.9 Å². The average molecular weight is 326 g/mol. The van der Waals surface area contributed by atoms with E-state index in [1.165, 1.54) is 0 Å². The smallest absolute Gasteiger partial charge is 0.394 e. The quantitative estimate of drug-likeness (QED) is 0.586. The molecule has 0 aliphatic rings. The Morgan fingerprint density at radius 3 is 3.00 bits per heavy atom. The van der Waals surface area contributed by atoms with Gasteiger partial charge in [0, 0.05) is 4.47 Å². The van der Waals surface area contributed by atoms with Gasteiger partial charge >= 0.3 is 11.9 Å². The second-order valence-electron chi connectivity index (χ2n) is 4.33. The molecule has 2 aromatic rings. The Bertz CT molecular complexity index is 565. The molecule has 0 aliphatic heterocycles. The van der Waals surface area contributed by atoms with Crippen molar-refractivity contribution in [2.24, 2.45) is 0 Å². The number of halogens is 1. The Balaban J connectivity index is 1.94. The van der Waals surface area contributed by atoms with E-state index in [-0.39, 0.29) is 5.89 Å². The van der Waals surface area contributed by atoms with E-state index in [4.69, 9.17) is 9.15 Å². The van der Waals surface area contributed by atoms with Gasteiger partial charge in [-0.2, -0.15) is 0 Å². The lowest BCUT2D eigenvalue weighted by molar-refractivity contribution is 0.0455. The minimum atomic E-state index is -0.496. The van der Waals surface area contributed by atoms with E-state index in [9.17, 15) is 4.79 Å². The highest BCUT2D eigenvalue weighted by molar-refractivity contribution is 9.10. The molecule has 5 heteroatoms. The molecule has 0 radical (unpaired) electrons. The minimum Gasteiger partial charge on any atom is -0.459 e. The first kappa shape index (κ1) is 14.1. The van der Waals surface area contributed by atoms with Gasteiger partial charge in [-0.15, -0.1) is 0 Å². The van der Waals surface area contributed by atoms with Gasteiger partial charge in [-0.3, -0.25) is 0 Å². The van der Waals surface area contributed by atoms with Crippen LogP contribution in [0.3, 0.4) is 0 Å². The summed E-state index contributed by atoms with van der Waals surface area (Å²) in [5, 5.41) is 0. The summed E-state index contributed by atoms with van der Waals surface area (Å²) in [6, 6.07) is 5.41. The highest BCUT2D eigenvalue weighted by Crippen LogP contribution is 2.20. The average Bonchev–Trinajstić information content (AvgIpc) is 2.81. The SMILES string of the molecule is CCCCCCOC(=O)c1nc2cc(Br)ccc2o1. The number of carbonyl (C=O) groups is 1. The monoisotopic (exact) mass is 325 g/mol. The molecule has 1 aromatic carbocycles. The van der Waals surface area contributed by atoms with Crippen LogP contribution in [0.1, 0.15) is 43.3 Å². The summed E-state index contributed by atoms with van der Waals surface area (Å²) in [7, 11) is 0. The van der Waals surface area contributed by atoms with Crippen LogP contribution in [-0.4, -0.2) is 17.6 Å². The lowest BCUT2D eigenvalue weighted by Gasteiger charge is -2.00. The molecule has 0 N–H and O–H groups in total.